The topological polar surface area (TPSA) is 58.8 Å². The molecule has 1 heterocycles. The van der Waals surface area contributed by atoms with Crippen molar-refractivity contribution in [3.8, 4) is 11.3 Å². The van der Waals surface area contributed by atoms with Crippen LogP contribution in [0.2, 0.25) is 0 Å². The number of carbonyl (C=O) groups is 1. The second-order valence-electron chi connectivity index (χ2n) is 7.80. The Morgan fingerprint density at radius 2 is 1.81 bits per heavy atom. The quantitative estimate of drug-likeness (QED) is 0.389. The lowest BCUT2D eigenvalue weighted by Gasteiger charge is -2.25. The summed E-state index contributed by atoms with van der Waals surface area (Å²) in [7, 11) is 1.68. The number of amides is 1. The highest BCUT2D eigenvalue weighted by molar-refractivity contribution is 5.94. The summed E-state index contributed by atoms with van der Waals surface area (Å²) in [6.07, 6.45) is 0.751. The molecule has 3 rings (SSSR count). The molecule has 0 bridgehead atoms. The second-order valence-corrected chi connectivity index (χ2v) is 7.80. The van der Waals surface area contributed by atoms with Crippen LogP contribution in [0.25, 0.3) is 11.3 Å². The molecule has 0 spiro atoms. The summed E-state index contributed by atoms with van der Waals surface area (Å²) in [5, 5.41) is 4.42. The number of benzene rings is 2. The van der Waals surface area contributed by atoms with Gasteiger partial charge in [-0.2, -0.15) is 0 Å². The van der Waals surface area contributed by atoms with Crippen LogP contribution in [0.4, 0.5) is 5.88 Å². The number of methoxy groups -OCH3 is 1. The van der Waals surface area contributed by atoms with Gasteiger partial charge in [0.25, 0.3) is 5.91 Å². The number of aromatic nitrogens is 1. The third kappa shape index (κ3) is 5.56. The molecule has 6 nitrogen and oxygen atoms in total. The highest BCUT2D eigenvalue weighted by Crippen LogP contribution is 2.33. The van der Waals surface area contributed by atoms with Crippen molar-refractivity contribution in [2.45, 2.75) is 33.7 Å². The molecule has 32 heavy (non-hydrogen) atoms. The number of hydrogen-bond donors (Lipinski definition) is 0. The van der Waals surface area contributed by atoms with Gasteiger partial charge in [0.1, 0.15) is 5.69 Å². The third-order valence-corrected chi connectivity index (χ3v) is 5.54. The maximum atomic E-state index is 13.5. The van der Waals surface area contributed by atoms with Crippen molar-refractivity contribution in [1.29, 1.82) is 0 Å². The van der Waals surface area contributed by atoms with Crippen molar-refractivity contribution < 1.29 is 14.1 Å². The SMILES string of the molecule is CCN(CC)c1onc(-c2ccccc2)c1CN(CCCOC)C(=O)c1cccc(C)c1. The lowest BCUT2D eigenvalue weighted by Crippen LogP contribution is -2.33. The first-order valence-corrected chi connectivity index (χ1v) is 11.2. The fraction of sp³-hybridized carbons (Fsp3) is 0.385. The largest absolute Gasteiger partial charge is 0.385 e. The van der Waals surface area contributed by atoms with Crippen molar-refractivity contribution in [2.24, 2.45) is 0 Å². The summed E-state index contributed by atoms with van der Waals surface area (Å²) in [5.41, 5.74) is 4.43. The maximum Gasteiger partial charge on any atom is 0.254 e. The van der Waals surface area contributed by atoms with Crippen LogP contribution in [0, 0.1) is 6.92 Å². The highest BCUT2D eigenvalue weighted by atomic mass is 16.5. The molecule has 170 valence electrons. The van der Waals surface area contributed by atoms with Crippen LogP contribution in [0.3, 0.4) is 0 Å². The van der Waals surface area contributed by atoms with Crippen LogP contribution in [0.15, 0.2) is 59.1 Å². The molecule has 0 unspecified atom stereocenters. The zero-order valence-electron chi connectivity index (χ0n) is 19.5. The van der Waals surface area contributed by atoms with E-state index in [4.69, 9.17) is 9.26 Å². The average molecular weight is 436 g/mol. The summed E-state index contributed by atoms with van der Waals surface area (Å²) in [6.45, 7) is 9.35. The van der Waals surface area contributed by atoms with Crippen LogP contribution in [0.1, 0.15) is 41.8 Å². The van der Waals surface area contributed by atoms with Gasteiger partial charge in [-0.25, -0.2) is 0 Å². The molecule has 0 aliphatic heterocycles. The first-order chi connectivity index (χ1) is 15.6. The van der Waals surface area contributed by atoms with E-state index in [0.29, 0.717) is 25.3 Å². The van der Waals surface area contributed by atoms with Crippen LogP contribution in [-0.2, 0) is 11.3 Å². The highest BCUT2D eigenvalue weighted by Gasteiger charge is 2.25. The van der Waals surface area contributed by atoms with E-state index < -0.39 is 0 Å². The lowest BCUT2D eigenvalue weighted by molar-refractivity contribution is 0.0724. The summed E-state index contributed by atoms with van der Waals surface area (Å²) < 4.78 is 11.1. The Labute approximate surface area is 190 Å². The Kier molecular flexibility index (Phi) is 8.45. The molecule has 6 heteroatoms. The first-order valence-electron chi connectivity index (χ1n) is 11.2. The molecule has 3 aromatic rings. The minimum Gasteiger partial charge on any atom is -0.385 e. The number of aryl methyl sites for hydroxylation is 1. The molecule has 0 saturated heterocycles. The van der Waals surface area contributed by atoms with Gasteiger partial charge in [0.2, 0.25) is 5.88 Å². The van der Waals surface area contributed by atoms with Crippen molar-refractivity contribution in [1.82, 2.24) is 10.1 Å². The normalized spacial score (nSPS) is 10.9. The Balaban J connectivity index is 2.01. The van der Waals surface area contributed by atoms with E-state index in [0.717, 1.165) is 47.8 Å². The van der Waals surface area contributed by atoms with Crippen LogP contribution >= 0.6 is 0 Å². The molecule has 1 amide bonds. The second kappa shape index (κ2) is 11.5. The minimum atomic E-state index is -0.00416. The monoisotopic (exact) mass is 435 g/mol. The predicted molar refractivity (Wildman–Crippen MR) is 128 cm³/mol. The zero-order chi connectivity index (χ0) is 22.9. The van der Waals surface area contributed by atoms with E-state index in [2.05, 4.69) is 23.9 Å². The molecule has 0 radical (unpaired) electrons. The van der Waals surface area contributed by atoms with E-state index in [1.54, 1.807) is 7.11 Å². The molecule has 0 fully saturated rings. The molecule has 0 aliphatic carbocycles. The van der Waals surface area contributed by atoms with Gasteiger partial charge in [0.05, 0.1) is 12.1 Å². The van der Waals surface area contributed by atoms with E-state index in [9.17, 15) is 4.79 Å². The van der Waals surface area contributed by atoms with Crippen LogP contribution < -0.4 is 4.90 Å². The van der Waals surface area contributed by atoms with E-state index >= 15 is 0 Å². The van der Waals surface area contributed by atoms with Crippen molar-refractivity contribution in [3.05, 3.63) is 71.3 Å². The minimum absolute atomic E-state index is 0.00416. The Hall–Kier alpha value is -3.12. The number of anilines is 1. The Morgan fingerprint density at radius 1 is 1.06 bits per heavy atom. The molecule has 0 N–H and O–H groups in total. The maximum absolute atomic E-state index is 13.5. The van der Waals surface area contributed by atoms with Gasteiger partial charge in [-0.15, -0.1) is 0 Å². The van der Waals surface area contributed by atoms with Gasteiger partial charge in [0, 0.05) is 44.5 Å². The molecule has 0 saturated carbocycles. The fourth-order valence-corrected chi connectivity index (χ4v) is 3.83. The van der Waals surface area contributed by atoms with E-state index in [-0.39, 0.29) is 5.91 Å². The first kappa shape index (κ1) is 23.5. The van der Waals surface area contributed by atoms with Gasteiger partial charge >= 0.3 is 0 Å². The number of hydrogen-bond acceptors (Lipinski definition) is 5. The Bertz CT molecular complexity index is 997. The van der Waals surface area contributed by atoms with Gasteiger partial charge < -0.3 is 19.1 Å². The fourth-order valence-electron chi connectivity index (χ4n) is 3.83. The van der Waals surface area contributed by atoms with E-state index in [1.807, 2.05) is 66.4 Å². The van der Waals surface area contributed by atoms with Gasteiger partial charge in [-0.05, 0) is 39.3 Å². The standard InChI is InChI=1S/C26H33N3O3/c1-5-28(6-2)26-23(24(27-32-26)21-13-8-7-9-14-21)19-29(16-11-17-31-4)25(30)22-15-10-12-20(3)18-22/h7-10,12-15,18H,5-6,11,16-17,19H2,1-4H3. The van der Waals surface area contributed by atoms with Crippen LogP contribution in [0.5, 0.6) is 0 Å². The number of ether oxygens (including phenoxy) is 1. The summed E-state index contributed by atoms with van der Waals surface area (Å²) in [5.74, 6) is 0.721. The van der Waals surface area contributed by atoms with Gasteiger partial charge in [-0.3, -0.25) is 4.79 Å². The smallest absolute Gasteiger partial charge is 0.254 e. The number of nitrogens with zero attached hydrogens (tertiary/aromatic N) is 3. The van der Waals surface area contributed by atoms with Crippen molar-refractivity contribution in [3.63, 3.8) is 0 Å². The predicted octanol–water partition coefficient (Wildman–Crippen LogP) is 5.18. The van der Waals surface area contributed by atoms with Crippen molar-refractivity contribution >= 4 is 11.8 Å². The molecule has 2 aromatic carbocycles. The Morgan fingerprint density at radius 3 is 2.47 bits per heavy atom. The average Bonchev–Trinajstić information content (AvgIpc) is 3.23. The molecule has 0 atom stereocenters. The third-order valence-electron chi connectivity index (χ3n) is 5.54. The summed E-state index contributed by atoms with van der Waals surface area (Å²) >= 11 is 0. The van der Waals surface area contributed by atoms with Gasteiger partial charge in [-0.1, -0.05) is 53.2 Å². The lowest BCUT2D eigenvalue weighted by atomic mass is 10.1. The van der Waals surface area contributed by atoms with E-state index in [1.165, 1.54) is 0 Å². The molecule has 0 aliphatic rings. The summed E-state index contributed by atoms with van der Waals surface area (Å²) in [4.78, 5) is 17.5. The molecular weight excluding hydrogens is 402 g/mol. The number of carbonyl (C=O) groups excluding carboxylic acids is 1. The zero-order valence-corrected chi connectivity index (χ0v) is 19.5. The number of rotatable bonds is 11. The van der Waals surface area contributed by atoms with Gasteiger partial charge in [0.15, 0.2) is 0 Å². The van der Waals surface area contributed by atoms with Crippen molar-refractivity contribution in [2.75, 3.05) is 38.3 Å². The van der Waals surface area contributed by atoms with Crippen LogP contribution in [-0.4, -0.2) is 49.3 Å². The molecular formula is C26H33N3O3. The summed E-state index contributed by atoms with van der Waals surface area (Å²) in [6, 6.07) is 17.7. The molecule has 1 aromatic heterocycles.